The van der Waals surface area contributed by atoms with Crippen LogP contribution in [0, 0.1) is 10.1 Å². The lowest BCUT2D eigenvalue weighted by molar-refractivity contribution is -0.908. The Morgan fingerprint density at radius 3 is 2.59 bits per heavy atom. The molecule has 27 heavy (non-hydrogen) atoms. The summed E-state index contributed by atoms with van der Waals surface area (Å²) in [6, 6.07) is 4.13. The molecule has 1 aromatic carbocycles. The molecular formula is C17H27N4O5S+. The van der Waals surface area contributed by atoms with E-state index < -0.39 is 14.9 Å². The first kappa shape index (κ1) is 20.0. The van der Waals surface area contributed by atoms with Crippen LogP contribution in [0.1, 0.15) is 19.3 Å². The molecule has 2 aliphatic heterocycles. The molecule has 0 aliphatic carbocycles. The fourth-order valence-corrected chi connectivity index (χ4v) is 5.06. The number of sulfonamides is 1. The van der Waals surface area contributed by atoms with Crippen molar-refractivity contribution in [2.24, 2.45) is 0 Å². The molecule has 2 fully saturated rings. The summed E-state index contributed by atoms with van der Waals surface area (Å²) in [5.74, 6) is 0. The summed E-state index contributed by atoms with van der Waals surface area (Å²) in [5, 5.41) is 14.5. The van der Waals surface area contributed by atoms with Crippen molar-refractivity contribution >= 4 is 21.4 Å². The number of anilines is 1. The van der Waals surface area contributed by atoms with E-state index in [9.17, 15) is 18.5 Å². The molecule has 2 heterocycles. The van der Waals surface area contributed by atoms with Crippen LogP contribution in [-0.2, 0) is 14.8 Å². The fraction of sp³-hybridized carbons (Fsp3) is 0.647. The smallest absolute Gasteiger partial charge is 0.293 e. The molecule has 0 unspecified atom stereocenters. The number of benzene rings is 1. The zero-order chi connectivity index (χ0) is 19.3. The van der Waals surface area contributed by atoms with Crippen molar-refractivity contribution in [2.75, 3.05) is 57.8 Å². The Morgan fingerprint density at radius 2 is 1.93 bits per heavy atom. The Kier molecular flexibility index (Phi) is 6.64. The van der Waals surface area contributed by atoms with Gasteiger partial charge in [0.15, 0.2) is 0 Å². The van der Waals surface area contributed by atoms with Crippen LogP contribution in [0.4, 0.5) is 11.4 Å². The standard InChI is InChI=1S/C17H26N4O5S/c22-21(23)17-14-15(27(24,25)20-8-1-2-9-20)4-5-16(17)18-6-3-7-19-10-12-26-13-11-19/h4-5,14,18H,1-3,6-13H2/p+1. The highest BCUT2D eigenvalue weighted by Gasteiger charge is 2.29. The molecule has 0 amide bonds. The van der Waals surface area contributed by atoms with Crippen molar-refractivity contribution in [3.05, 3.63) is 28.3 Å². The predicted octanol–water partition coefficient (Wildman–Crippen LogP) is 0.0964. The summed E-state index contributed by atoms with van der Waals surface area (Å²) in [5.41, 5.74) is 0.159. The van der Waals surface area contributed by atoms with Crippen molar-refractivity contribution in [2.45, 2.75) is 24.2 Å². The Labute approximate surface area is 159 Å². The van der Waals surface area contributed by atoms with E-state index in [4.69, 9.17) is 4.74 Å². The van der Waals surface area contributed by atoms with E-state index in [0.717, 1.165) is 52.1 Å². The van der Waals surface area contributed by atoms with Gasteiger partial charge in [0, 0.05) is 32.1 Å². The molecule has 0 aromatic heterocycles. The fourth-order valence-electron chi connectivity index (χ4n) is 3.52. The summed E-state index contributed by atoms with van der Waals surface area (Å²) >= 11 is 0. The lowest BCUT2D eigenvalue weighted by atomic mass is 10.2. The molecule has 3 rings (SSSR count). The Balaban J connectivity index is 1.64. The molecule has 9 nitrogen and oxygen atoms in total. The van der Waals surface area contributed by atoms with Gasteiger partial charge in [0.2, 0.25) is 10.0 Å². The average molecular weight is 399 g/mol. The van der Waals surface area contributed by atoms with Crippen LogP contribution in [0.25, 0.3) is 0 Å². The highest BCUT2D eigenvalue weighted by molar-refractivity contribution is 7.89. The normalized spacial score (nSPS) is 19.3. The summed E-state index contributed by atoms with van der Waals surface area (Å²) in [7, 11) is -3.67. The zero-order valence-corrected chi connectivity index (χ0v) is 16.2. The number of nitrogens with one attached hydrogen (secondary N) is 2. The van der Waals surface area contributed by atoms with Crippen LogP contribution in [0.2, 0.25) is 0 Å². The summed E-state index contributed by atoms with van der Waals surface area (Å²) in [6.07, 6.45) is 2.53. The number of nitrogens with zero attached hydrogens (tertiary/aromatic N) is 2. The lowest BCUT2D eigenvalue weighted by Gasteiger charge is -2.23. The maximum atomic E-state index is 12.6. The first-order valence-electron chi connectivity index (χ1n) is 9.42. The van der Waals surface area contributed by atoms with Crippen molar-refractivity contribution in [3.63, 3.8) is 0 Å². The molecule has 0 spiro atoms. The maximum Gasteiger partial charge on any atom is 0.293 e. The molecule has 0 saturated carbocycles. The molecule has 2 N–H and O–H groups in total. The van der Waals surface area contributed by atoms with Crippen LogP contribution in [0.15, 0.2) is 23.1 Å². The molecule has 1 aromatic rings. The van der Waals surface area contributed by atoms with Gasteiger partial charge in [-0.15, -0.1) is 0 Å². The van der Waals surface area contributed by atoms with Gasteiger partial charge in [-0.2, -0.15) is 4.31 Å². The summed E-state index contributed by atoms with van der Waals surface area (Å²) < 4.78 is 32.0. The quantitative estimate of drug-likeness (QED) is 0.365. The second kappa shape index (κ2) is 8.96. The molecule has 10 heteroatoms. The van der Waals surface area contributed by atoms with E-state index in [1.807, 2.05) is 0 Å². The molecule has 2 aliphatic rings. The van der Waals surface area contributed by atoms with E-state index in [0.29, 0.717) is 25.3 Å². The molecule has 0 radical (unpaired) electrons. The predicted molar refractivity (Wildman–Crippen MR) is 101 cm³/mol. The van der Waals surface area contributed by atoms with Crippen LogP contribution < -0.4 is 10.2 Å². The van der Waals surface area contributed by atoms with E-state index >= 15 is 0 Å². The molecule has 0 atom stereocenters. The third kappa shape index (κ3) is 4.95. The van der Waals surface area contributed by atoms with E-state index in [1.54, 1.807) is 0 Å². The number of rotatable bonds is 8. The van der Waals surface area contributed by atoms with Gasteiger partial charge in [0.05, 0.1) is 29.6 Å². The minimum atomic E-state index is -3.67. The van der Waals surface area contributed by atoms with Crippen LogP contribution in [-0.4, -0.2) is 70.1 Å². The van der Waals surface area contributed by atoms with E-state index in [-0.39, 0.29) is 10.6 Å². The molecular weight excluding hydrogens is 372 g/mol. The molecule has 2 saturated heterocycles. The van der Waals surface area contributed by atoms with Crippen molar-refractivity contribution in [3.8, 4) is 0 Å². The Hall–Kier alpha value is -1.75. The number of nitro groups is 1. The second-order valence-corrected chi connectivity index (χ2v) is 8.88. The number of hydrogen-bond acceptors (Lipinski definition) is 6. The van der Waals surface area contributed by atoms with Crippen molar-refractivity contribution < 1.29 is 23.0 Å². The van der Waals surface area contributed by atoms with Gasteiger partial charge >= 0.3 is 0 Å². The number of quaternary nitrogens is 1. The molecule has 0 bridgehead atoms. The van der Waals surface area contributed by atoms with Gasteiger partial charge in [0.1, 0.15) is 18.8 Å². The average Bonchev–Trinajstić information content (AvgIpc) is 3.21. The highest BCUT2D eigenvalue weighted by Crippen LogP contribution is 2.30. The number of hydrogen-bond donors (Lipinski definition) is 2. The largest absolute Gasteiger partial charge is 0.379 e. The summed E-state index contributed by atoms with van der Waals surface area (Å²) in [6.45, 7) is 6.06. The molecule has 150 valence electrons. The summed E-state index contributed by atoms with van der Waals surface area (Å²) in [4.78, 5) is 12.4. The lowest BCUT2D eigenvalue weighted by Crippen LogP contribution is -3.14. The Morgan fingerprint density at radius 1 is 1.22 bits per heavy atom. The van der Waals surface area contributed by atoms with Gasteiger partial charge in [0.25, 0.3) is 5.69 Å². The van der Waals surface area contributed by atoms with Crippen LogP contribution >= 0.6 is 0 Å². The van der Waals surface area contributed by atoms with Gasteiger partial charge in [-0.25, -0.2) is 8.42 Å². The highest BCUT2D eigenvalue weighted by atomic mass is 32.2. The van der Waals surface area contributed by atoms with Gasteiger partial charge in [-0.1, -0.05) is 0 Å². The van der Waals surface area contributed by atoms with Crippen molar-refractivity contribution in [1.82, 2.24) is 4.31 Å². The van der Waals surface area contributed by atoms with Gasteiger partial charge in [-0.3, -0.25) is 10.1 Å². The van der Waals surface area contributed by atoms with Crippen molar-refractivity contribution in [1.29, 1.82) is 0 Å². The number of morpholine rings is 1. The monoisotopic (exact) mass is 399 g/mol. The first-order chi connectivity index (χ1) is 13.0. The van der Waals surface area contributed by atoms with Crippen LogP contribution in [0.3, 0.4) is 0 Å². The van der Waals surface area contributed by atoms with Gasteiger partial charge in [-0.05, 0) is 25.0 Å². The van der Waals surface area contributed by atoms with E-state index in [1.165, 1.54) is 27.4 Å². The topological polar surface area (TPSA) is 106 Å². The van der Waals surface area contributed by atoms with Gasteiger partial charge < -0.3 is 15.0 Å². The van der Waals surface area contributed by atoms with Crippen LogP contribution in [0.5, 0.6) is 0 Å². The first-order valence-corrected chi connectivity index (χ1v) is 10.9. The third-order valence-electron chi connectivity index (χ3n) is 5.09. The van der Waals surface area contributed by atoms with E-state index in [2.05, 4.69) is 5.32 Å². The minimum Gasteiger partial charge on any atom is -0.379 e. The maximum absolute atomic E-state index is 12.6. The minimum absolute atomic E-state index is 0.0144. The SMILES string of the molecule is O=[N+]([O-])c1cc(S(=O)(=O)N2CCCC2)ccc1NCCC[NH+]1CCOCC1. The number of ether oxygens (including phenoxy) is 1. The number of nitro benzene ring substituents is 1. The Bertz CT molecular complexity index is 759. The zero-order valence-electron chi connectivity index (χ0n) is 15.4. The second-order valence-electron chi connectivity index (χ2n) is 6.94. The third-order valence-corrected chi connectivity index (χ3v) is 6.99.